The Bertz CT molecular complexity index is 532. The zero-order valence-corrected chi connectivity index (χ0v) is 17.4. The van der Waals surface area contributed by atoms with E-state index in [0.29, 0.717) is 26.2 Å². The molecule has 5 heteroatoms. The molecule has 0 aliphatic carbocycles. The molecule has 2 N–H and O–H groups in total. The molecule has 1 aliphatic rings. The number of morpholine rings is 1. The number of nitrogens with one attached hydrogen (secondary N) is 1. The van der Waals surface area contributed by atoms with Crippen LogP contribution in [0.4, 0.5) is 0 Å². The summed E-state index contributed by atoms with van der Waals surface area (Å²) in [6.07, 6.45) is 8.19. The van der Waals surface area contributed by atoms with Gasteiger partial charge in [-0.05, 0) is 12.0 Å². The minimum atomic E-state index is -0.706. The van der Waals surface area contributed by atoms with Crippen LogP contribution in [0.3, 0.4) is 0 Å². The van der Waals surface area contributed by atoms with Gasteiger partial charge in [0.25, 0.3) is 0 Å². The van der Waals surface area contributed by atoms with Gasteiger partial charge in [0.2, 0.25) is 5.91 Å². The molecule has 2 atom stereocenters. The lowest BCUT2D eigenvalue weighted by Crippen LogP contribution is -2.49. The fourth-order valence-electron chi connectivity index (χ4n) is 3.69. The molecule has 0 saturated carbocycles. The van der Waals surface area contributed by atoms with Crippen molar-refractivity contribution in [1.82, 2.24) is 10.2 Å². The molecule has 5 nitrogen and oxygen atoms in total. The van der Waals surface area contributed by atoms with Crippen molar-refractivity contribution in [3.05, 3.63) is 35.9 Å². The summed E-state index contributed by atoms with van der Waals surface area (Å²) in [5, 5.41) is 14.0. The van der Waals surface area contributed by atoms with Crippen molar-refractivity contribution in [1.29, 1.82) is 0 Å². The molecule has 1 amide bonds. The minimum absolute atomic E-state index is 0.0433. The van der Waals surface area contributed by atoms with Crippen LogP contribution in [0, 0.1) is 0 Å². The first-order valence-corrected chi connectivity index (χ1v) is 11.0. The van der Waals surface area contributed by atoms with E-state index in [9.17, 15) is 9.90 Å². The summed E-state index contributed by atoms with van der Waals surface area (Å²) >= 11 is 0. The van der Waals surface area contributed by atoms with Crippen LogP contribution in [0.25, 0.3) is 0 Å². The first-order chi connectivity index (χ1) is 13.7. The van der Waals surface area contributed by atoms with Crippen LogP contribution < -0.4 is 5.32 Å². The highest BCUT2D eigenvalue weighted by Crippen LogP contribution is 2.18. The largest absolute Gasteiger partial charge is 0.386 e. The standard InChI is InChI=1S/C23H38N2O3/c1-2-3-4-5-6-7-11-14-22(26)24-21(19-25-15-17-28-18-16-25)23(27)20-12-9-8-10-13-20/h8-10,12-13,21,23,27H,2-7,11,14-19H2,1H3,(H,24,26)/t21?,23-/m1/s1. The molecule has 1 saturated heterocycles. The second kappa shape index (κ2) is 13.7. The molecule has 1 heterocycles. The third-order valence-corrected chi connectivity index (χ3v) is 5.43. The fourth-order valence-corrected chi connectivity index (χ4v) is 3.69. The van der Waals surface area contributed by atoms with Crippen LogP contribution in [-0.4, -0.2) is 54.8 Å². The van der Waals surface area contributed by atoms with Crippen LogP contribution >= 0.6 is 0 Å². The van der Waals surface area contributed by atoms with Crippen LogP contribution in [0.5, 0.6) is 0 Å². The summed E-state index contributed by atoms with van der Waals surface area (Å²) in [5.74, 6) is 0.0433. The summed E-state index contributed by atoms with van der Waals surface area (Å²) < 4.78 is 5.42. The first-order valence-electron chi connectivity index (χ1n) is 11.0. The number of carbonyl (C=O) groups excluding carboxylic acids is 1. The average Bonchev–Trinajstić information content (AvgIpc) is 2.73. The Morgan fingerprint density at radius 3 is 2.39 bits per heavy atom. The number of carbonyl (C=O) groups is 1. The van der Waals surface area contributed by atoms with E-state index in [4.69, 9.17) is 4.74 Å². The van der Waals surface area contributed by atoms with Crippen molar-refractivity contribution in [3.8, 4) is 0 Å². The molecular weight excluding hydrogens is 352 g/mol. The highest BCUT2D eigenvalue weighted by Gasteiger charge is 2.26. The monoisotopic (exact) mass is 390 g/mol. The molecule has 0 radical (unpaired) electrons. The van der Waals surface area contributed by atoms with Crippen molar-refractivity contribution in [2.75, 3.05) is 32.8 Å². The lowest BCUT2D eigenvalue weighted by atomic mass is 10.0. The van der Waals surface area contributed by atoms with Crippen molar-refractivity contribution < 1.29 is 14.6 Å². The second-order valence-electron chi connectivity index (χ2n) is 7.81. The molecule has 28 heavy (non-hydrogen) atoms. The summed E-state index contributed by atoms with van der Waals surface area (Å²) in [7, 11) is 0. The van der Waals surface area contributed by atoms with Crippen LogP contribution in [0.15, 0.2) is 30.3 Å². The Hall–Kier alpha value is -1.43. The van der Waals surface area contributed by atoms with Gasteiger partial charge in [-0.15, -0.1) is 0 Å². The third kappa shape index (κ3) is 8.72. The van der Waals surface area contributed by atoms with Gasteiger partial charge >= 0.3 is 0 Å². The highest BCUT2D eigenvalue weighted by molar-refractivity contribution is 5.76. The molecule has 1 aromatic carbocycles. The maximum Gasteiger partial charge on any atom is 0.220 e. The maximum absolute atomic E-state index is 12.5. The summed E-state index contributed by atoms with van der Waals surface area (Å²) in [6, 6.07) is 9.30. The molecule has 1 unspecified atom stereocenters. The number of hydrogen-bond donors (Lipinski definition) is 2. The zero-order chi connectivity index (χ0) is 20.0. The smallest absolute Gasteiger partial charge is 0.220 e. The predicted octanol–water partition coefficient (Wildman–Crippen LogP) is 3.68. The summed E-state index contributed by atoms with van der Waals surface area (Å²) in [6.45, 7) is 5.96. The number of amides is 1. The van der Waals surface area contributed by atoms with E-state index in [1.54, 1.807) is 0 Å². The van der Waals surface area contributed by atoms with E-state index in [0.717, 1.165) is 31.5 Å². The van der Waals surface area contributed by atoms with Crippen molar-refractivity contribution >= 4 is 5.91 Å². The normalized spacial score (nSPS) is 17.2. The topological polar surface area (TPSA) is 61.8 Å². The lowest BCUT2D eigenvalue weighted by molar-refractivity contribution is -0.123. The van der Waals surface area contributed by atoms with Gasteiger partial charge < -0.3 is 15.2 Å². The van der Waals surface area contributed by atoms with Gasteiger partial charge in [0, 0.05) is 26.1 Å². The minimum Gasteiger partial charge on any atom is -0.386 e. The van der Waals surface area contributed by atoms with E-state index >= 15 is 0 Å². The van der Waals surface area contributed by atoms with Crippen LogP contribution in [0.1, 0.15) is 70.0 Å². The number of aliphatic hydroxyl groups is 1. The molecule has 0 bridgehead atoms. The zero-order valence-electron chi connectivity index (χ0n) is 17.4. The Kier molecular flexibility index (Phi) is 11.2. The molecular formula is C23H38N2O3. The van der Waals surface area contributed by atoms with Gasteiger partial charge in [0.1, 0.15) is 6.10 Å². The van der Waals surface area contributed by atoms with E-state index in [1.807, 2.05) is 30.3 Å². The fraction of sp³-hybridized carbons (Fsp3) is 0.696. The number of nitrogens with zero attached hydrogens (tertiary/aromatic N) is 1. The number of benzene rings is 1. The van der Waals surface area contributed by atoms with Crippen LogP contribution in [0.2, 0.25) is 0 Å². The van der Waals surface area contributed by atoms with Gasteiger partial charge in [0.15, 0.2) is 0 Å². The predicted molar refractivity (Wildman–Crippen MR) is 113 cm³/mol. The number of rotatable bonds is 13. The van der Waals surface area contributed by atoms with Gasteiger partial charge in [-0.3, -0.25) is 9.69 Å². The summed E-state index contributed by atoms with van der Waals surface area (Å²) in [5.41, 5.74) is 0.844. The van der Waals surface area contributed by atoms with E-state index in [-0.39, 0.29) is 11.9 Å². The van der Waals surface area contributed by atoms with Crippen molar-refractivity contribution in [2.45, 2.75) is 70.4 Å². The Morgan fingerprint density at radius 2 is 1.71 bits per heavy atom. The average molecular weight is 391 g/mol. The Morgan fingerprint density at radius 1 is 1.07 bits per heavy atom. The third-order valence-electron chi connectivity index (χ3n) is 5.43. The van der Waals surface area contributed by atoms with Gasteiger partial charge in [0.05, 0.1) is 19.3 Å². The molecule has 158 valence electrons. The molecule has 1 fully saturated rings. The lowest BCUT2D eigenvalue weighted by Gasteiger charge is -2.33. The quantitative estimate of drug-likeness (QED) is 0.505. The number of unbranched alkanes of at least 4 members (excludes halogenated alkanes) is 6. The number of hydrogen-bond acceptors (Lipinski definition) is 4. The maximum atomic E-state index is 12.5. The van der Waals surface area contributed by atoms with Crippen molar-refractivity contribution in [2.24, 2.45) is 0 Å². The van der Waals surface area contributed by atoms with Gasteiger partial charge in [-0.25, -0.2) is 0 Å². The molecule has 2 rings (SSSR count). The molecule has 0 spiro atoms. The number of ether oxygens (including phenoxy) is 1. The van der Waals surface area contributed by atoms with Gasteiger partial charge in [-0.2, -0.15) is 0 Å². The van der Waals surface area contributed by atoms with E-state index in [1.165, 1.54) is 32.1 Å². The van der Waals surface area contributed by atoms with E-state index < -0.39 is 6.10 Å². The highest BCUT2D eigenvalue weighted by atomic mass is 16.5. The van der Waals surface area contributed by atoms with E-state index in [2.05, 4.69) is 17.1 Å². The second-order valence-corrected chi connectivity index (χ2v) is 7.81. The van der Waals surface area contributed by atoms with Crippen LogP contribution in [-0.2, 0) is 9.53 Å². The van der Waals surface area contributed by atoms with Crippen molar-refractivity contribution in [3.63, 3.8) is 0 Å². The Balaban J connectivity index is 1.81. The molecule has 1 aliphatic heterocycles. The SMILES string of the molecule is CCCCCCCCCC(=O)NC(CN1CCOCC1)[C@H](O)c1ccccc1. The summed E-state index contributed by atoms with van der Waals surface area (Å²) in [4.78, 5) is 14.8. The Labute approximate surface area is 170 Å². The molecule has 0 aromatic heterocycles. The first kappa shape index (κ1) is 22.9. The number of aliphatic hydroxyl groups excluding tert-OH is 1. The molecule has 1 aromatic rings. The van der Waals surface area contributed by atoms with Gasteiger partial charge in [-0.1, -0.05) is 75.8 Å².